The molecule has 1 saturated heterocycles. The molecule has 1 heterocycles. The molecular weight excluding hydrogens is 308 g/mol. The average molecular weight is 327 g/mol. The van der Waals surface area contributed by atoms with Crippen molar-refractivity contribution in [2.75, 3.05) is 20.7 Å². The number of carbonyl (C=O) groups is 1. The standard InChI is InChI=1S/C14H19BrN2O2/c1-17(14(18)12-4-3-7-16-12)9-10-8-11(15)5-6-13(10)19-2/h5-6,8,12,16H,3-4,7,9H2,1-2H3/t12-/m1/s1. The topological polar surface area (TPSA) is 41.6 Å². The molecule has 1 fully saturated rings. The maximum atomic E-state index is 12.2. The van der Waals surface area contributed by atoms with Gasteiger partial charge in [-0.3, -0.25) is 4.79 Å². The summed E-state index contributed by atoms with van der Waals surface area (Å²) in [5, 5.41) is 3.23. The minimum Gasteiger partial charge on any atom is -0.496 e. The number of amides is 1. The number of likely N-dealkylation sites (N-methyl/N-ethyl adjacent to an activating group) is 1. The molecule has 1 aromatic rings. The summed E-state index contributed by atoms with van der Waals surface area (Å²) in [6, 6.07) is 5.81. The predicted octanol–water partition coefficient (Wildman–Crippen LogP) is 2.17. The lowest BCUT2D eigenvalue weighted by Crippen LogP contribution is -2.41. The van der Waals surface area contributed by atoms with Crippen LogP contribution < -0.4 is 10.1 Å². The zero-order valence-electron chi connectivity index (χ0n) is 11.3. The van der Waals surface area contributed by atoms with Gasteiger partial charge in [0.15, 0.2) is 0 Å². The van der Waals surface area contributed by atoms with Crippen molar-refractivity contribution in [1.82, 2.24) is 10.2 Å². The first-order valence-corrected chi connectivity index (χ1v) is 7.22. The molecule has 0 saturated carbocycles. The molecule has 104 valence electrons. The van der Waals surface area contributed by atoms with Crippen LogP contribution in [0.1, 0.15) is 18.4 Å². The Balaban J connectivity index is 2.07. The zero-order chi connectivity index (χ0) is 13.8. The SMILES string of the molecule is COc1ccc(Br)cc1CN(C)C(=O)[C@H]1CCCN1. The van der Waals surface area contributed by atoms with E-state index in [4.69, 9.17) is 4.74 Å². The van der Waals surface area contributed by atoms with E-state index in [1.807, 2.05) is 25.2 Å². The number of methoxy groups -OCH3 is 1. The highest BCUT2D eigenvalue weighted by molar-refractivity contribution is 9.10. The van der Waals surface area contributed by atoms with E-state index in [2.05, 4.69) is 21.2 Å². The van der Waals surface area contributed by atoms with Crippen molar-refractivity contribution in [3.63, 3.8) is 0 Å². The average Bonchev–Trinajstić information content (AvgIpc) is 2.92. The summed E-state index contributed by atoms with van der Waals surface area (Å²) >= 11 is 3.45. The van der Waals surface area contributed by atoms with Crippen LogP contribution in [0.2, 0.25) is 0 Å². The van der Waals surface area contributed by atoms with Crippen LogP contribution in [0.25, 0.3) is 0 Å². The van der Waals surface area contributed by atoms with Crippen molar-refractivity contribution >= 4 is 21.8 Å². The first-order chi connectivity index (χ1) is 9.11. The van der Waals surface area contributed by atoms with E-state index >= 15 is 0 Å². The molecule has 1 aromatic carbocycles. The second kappa shape index (κ2) is 6.39. The minimum absolute atomic E-state index is 0.0249. The van der Waals surface area contributed by atoms with Crippen LogP contribution in [0.4, 0.5) is 0 Å². The lowest BCUT2D eigenvalue weighted by atomic mass is 10.1. The molecule has 0 unspecified atom stereocenters. The highest BCUT2D eigenvalue weighted by atomic mass is 79.9. The van der Waals surface area contributed by atoms with E-state index in [9.17, 15) is 4.79 Å². The van der Waals surface area contributed by atoms with Crippen LogP contribution in [0.15, 0.2) is 22.7 Å². The van der Waals surface area contributed by atoms with E-state index in [-0.39, 0.29) is 11.9 Å². The Bertz CT molecular complexity index is 459. The third kappa shape index (κ3) is 3.48. The van der Waals surface area contributed by atoms with Gasteiger partial charge in [-0.25, -0.2) is 0 Å². The molecule has 1 atom stereocenters. The fourth-order valence-corrected chi connectivity index (χ4v) is 2.77. The van der Waals surface area contributed by atoms with Gasteiger partial charge in [0, 0.05) is 23.6 Å². The molecule has 4 nitrogen and oxygen atoms in total. The summed E-state index contributed by atoms with van der Waals surface area (Å²) in [5.41, 5.74) is 1.01. The third-order valence-electron chi connectivity index (χ3n) is 3.38. The van der Waals surface area contributed by atoms with Gasteiger partial charge in [-0.1, -0.05) is 15.9 Å². The van der Waals surface area contributed by atoms with Crippen molar-refractivity contribution in [3.8, 4) is 5.75 Å². The van der Waals surface area contributed by atoms with Gasteiger partial charge in [0.1, 0.15) is 5.75 Å². The number of ether oxygens (including phenoxy) is 1. The van der Waals surface area contributed by atoms with Crippen molar-refractivity contribution in [1.29, 1.82) is 0 Å². The molecule has 1 amide bonds. The molecule has 19 heavy (non-hydrogen) atoms. The Kier molecular flexibility index (Phi) is 4.82. The number of rotatable bonds is 4. The van der Waals surface area contributed by atoms with E-state index in [1.54, 1.807) is 12.0 Å². The van der Waals surface area contributed by atoms with Crippen LogP contribution in [-0.4, -0.2) is 37.6 Å². The van der Waals surface area contributed by atoms with E-state index < -0.39 is 0 Å². The zero-order valence-corrected chi connectivity index (χ0v) is 12.9. The van der Waals surface area contributed by atoms with Gasteiger partial charge in [0.05, 0.1) is 13.2 Å². The first-order valence-electron chi connectivity index (χ1n) is 6.42. The van der Waals surface area contributed by atoms with Crippen molar-refractivity contribution < 1.29 is 9.53 Å². The predicted molar refractivity (Wildman–Crippen MR) is 78.2 cm³/mol. The van der Waals surface area contributed by atoms with Crippen LogP contribution in [0, 0.1) is 0 Å². The Hall–Kier alpha value is -1.07. The molecule has 1 aliphatic rings. The monoisotopic (exact) mass is 326 g/mol. The molecule has 0 radical (unpaired) electrons. The van der Waals surface area contributed by atoms with Gasteiger partial charge < -0.3 is 15.0 Å². The van der Waals surface area contributed by atoms with Crippen LogP contribution >= 0.6 is 15.9 Å². The van der Waals surface area contributed by atoms with Crippen LogP contribution in [0.3, 0.4) is 0 Å². The van der Waals surface area contributed by atoms with Crippen molar-refractivity contribution in [3.05, 3.63) is 28.2 Å². The lowest BCUT2D eigenvalue weighted by molar-refractivity contribution is -0.132. The van der Waals surface area contributed by atoms with Crippen LogP contribution in [0.5, 0.6) is 5.75 Å². The maximum Gasteiger partial charge on any atom is 0.239 e. The molecule has 1 N–H and O–H groups in total. The summed E-state index contributed by atoms with van der Waals surface area (Å²) < 4.78 is 6.32. The highest BCUT2D eigenvalue weighted by Gasteiger charge is 2.25. The largest absolute Gasteiger partial charge is 0.496 e. The molecule has 1 aliphatic heterocycles. The lowest BCUT2D eigenvalue weighted by Gasteiger charge is -2.22. The Morgan fingerprint density at radius 3 is 3.00 bits per heavy atom. The second-order valence-electron chi connectivity index (χ2n) is 4.80. The summed E-state index contributed by atoms with van der Waals surface area (Å²) in [7, 11) is 3.48. The van der Waals surface area contributed by atoms with Crippen LogP contribution in [-0.2, 0) is 11.3 Å². The Morgan fingerprint density at radius 2 is 2.37 bits per heavy atom. The summed E-state index contributed by atoms with van der Waals surface area (Å²) in [5.74, 6) is 0.960. The van der Waals surface area contributed by atoms with Gasteiger partial charge in [0.25, 0.3) is 0 Å². The Labute approximate surface area is 122 Å². The fraction of sp³-hybridized carbons (Fsp3) is 0.500. The van der Waals surface area contributed by atoms with Crippen molar-refractivity contribution in [2.24, 2.45) is 0 Å². The van der Waals surface area contributed by atoms with E-state index in [0.717, 1.165) is 35.2 Å². The number of nitrogens with zero attached hydrogens (tertiary/aromatic N) is 1. The van der Waals surface area contributed by atoms with Gasteiger partial charge in [-0.15, -0.1) is 0 Å². The molecule has 0 aliphatic carbocycles. The van der Waals surface area contributed by atoms with E-state index in [0.29, 0.717) is 6.54 Å². The molecular formula is C14H19BrN2O2. The molecule has 0 aromatic heterocycles. The summed E-state index contributed by atoms with van der Waals surface area (Å²) in [6.45, 7) is 1.49. The highest BCUT2D eigenvalue weighted by Crippen LogP contribution is 2.24. The Morgan fingerprint density at radius 1 is 1.58 bits per heavy atom. The number of carbonyl (C=O) groups excluding carboxylic acids is 1. The smallest absolute Gasteiger partial charge is 0.239 e. The van der Waals surface area contributed by atoms with E-state index in [1.165, 1.54) is 0 Å². The molecule has 5 heteroatoms. The normalized spacial score (nSPS) is 18.4. The number of halogens is 1. The van der Waals surface area contributed by atoms with Gasteiger partial charge in [-0.2, -0.15) is 0 Å². The minimum atomic E-state index is -0.0249. The van der Waals surface area contributed by atoms with Gasteiger partial charge in [0.2, 0.25) is 5.91 Å². The van der Waals surface area contributed by atoms with Gasteiger partial charge in [-0.05, 0) is 37.6 Å². The summed E-state index contributed by atoms with van der Waals surface area (Å²) in [4.78, 5) is 14.0. The van der Waals surface area contributed by atoms with Gasteiger partial charge >= 0.3 is 0 Å². The molecule has 2 rings (SSSR count). The maximum absolute atomic E-state index is 12.2. The van der Waals surface area contributed by atoms with Crippen molar-refractivity contribution in [2.45, 2.75) is 25.4 Å². The quantitative estimate of drug-likeness (QED) is 0.922. The number of nitrogens with one attached hydrogen (secondary N) is 1. The number of benzene rings is 1. The summed E-state index contributed by atoms with van der Waals surface area (Å²) in [6.07, 6.45) is 2.00. The number of hydrogen-bond acceptors (Lipinski definition) is 3. The third-order valence-corrected chi connectivity index (χ3v) is 3.88. The first kappa shape index (κ1) is 14.3. The fourth-order valence-electron chi connectivity index (χ4n) is 2.37. The molecule has 0 bridgehead atoms. The number of hydrogen-bond donors (Lipinski definition) is 1. The molecule has 0 spiro atoms. The second-order valence-corrected chi connectivity index (χ2v) is 5.72.